The van der Waals surface area contributed by atoms with Crippen LogP contribution in [0.4, 0.5) is 11.5 Å². The van der Waals surface area contributed by atoms with E-state index >= 15 is 0 Å². The monoisotopic (exact) mass is 365 g/mol. The number of anilines is 2. The highest BCUT2D eigenvalue weighted by atomic mass is 35.5. The number of nitrogens with one attached hydrogen (secondary N) is 1. The number of aryl methyl sites for hydroxylation is 1. The maximum absolute atomic E-state index is 12.8. The Kier molecular flexibility index (Phi) is 4.29. The van der Waals surface area contributed by atoms with Crippen LogP contribution in [-0.2, 0) is 6.42 Å². The summed E-state index contributed by atoms with van der Waals surface area (Å²) in [6.45, 7) is 4.07. The molecule has 0 amide bonds. The van der Waals surface area contributed by atoms with Crippen LogP contribution in [0.15, 0.2) is 48.5 Å². The number of ketones is 1. The molecule has 0 aliphatic heterocycles. The zero-order valence-corrected chi connectivity index (χ0v) is 15.5. The molecule has 3 aromatic rings. The molecule has 1 aliphatic rings. The van der Waals surface area contributed by atoms with Gasteiger partial charge in [-0.1, -0.05) is 42.8 Å². The minimum absolute atomic E-state index is 0.140. The maximum Gasteiger partial charge on any atom is 0.168 e. The smallest absolute Gasteiger partial charge is 0.168 e. The molecule has 1 aliphatic carbocycles. The van der Waals surface area contributed by atoms with Gasteiger partial charge in [0.15, 0.2) is 11.6 Å². The van der Waals surface area contributed by atoms with Gasteiger partial charge in [-0.25, -0.2) is 4.68 Å². The molecule has 1 N–H and O–H groups in total. The summed E-state index contributed by atoms with van der Waals surface area (Å²) in [7, 11) is 0. The number of hydrogen-bond acceptors (Lipinski definition) is 3. The zero-order valence-electron chi connectivity index (χ0n) is 14.8. The number of hydrogen-bond donors (Lipinski definition) is 1. The molecule has 5 heteroatoms. The van der Waals surface area contributed by atoms with E-state index in [4.69, 9.17) is 16.7 Å². The van der Waals surface area contributed by atoms with Gasteiger partial charge >= 0.3 is 0 Å². The molecule has 0 spiro atoms. The standard InChI is InChI=1S/C21H20ClN3O/c1-13-10-18-20(19(26)11-13)21(23-15-9-8-14(2)17(22)12-15)24-25(18)16-6-4-3-5-7-16/h3-9,12-13H,10-11H2,1-2H3,(H,23,24). The summed E-state index contributed by atoms with van der Waals surface area (Å²) in [6, 6.07) is 15.7. The van der Waals surface area contributed by atoms with E-state index in [1.807, 2.05) is 60.1 Å². The molecule has 4 rings (SSSR count). The molecule has 0 saturated carbocycles. The number of halogens is 1. The molecule has 1 aromatic heterocycles. The van der Waals surface area contributed by atoms with Crippen LogP contribution in [-0.4, -0.2) is 15.6 Å². The second-order valence-electron chi connectivity index (χ2n) is 6.94. The summed E-state index contributed by atoms with van der Waals surface area (Å²) in [5.41, 5.74) is 4.47. The first-order chi connectivity index (χ1) is 12.5. The van der Waals surface area contributed by atoms with Gasteiger partial charge in [-0.05, 0) is 49.1 Å². The molecular formula is C21H20ClN3O. The Morgan fingerprint density at radius 2 is 1.92 bits per heavy atom. The van der Waals surface area contributed by atoms with Crippen LogP contribution in [0, 0.1) is 12.8 Å². The fraction of sp³-hybridized carbons (Fsp3) is 0.238. The number of nitrogens with zero attached hydrogens (tertiary/aromatic N) is 2. The molecule has 132 valence electrons. The third kappa shape index (κ3) is 3.01. The van der Waals surface area contributed by atoms with Gasteiger partial charge in [0.05, 0.1) is 16.9 Å². The number of rotatable bonds is 3. The number of benzene rings is 2. The Morgan fingerprint density at radius 1 is 1.15 bits per heavy atom. The molecule has 0 fully saturated rings. The van der Waals surface area contributed by atoms with Crippen LogP contribution in [0.5, 0.6) is 0 Å². The molecule has 0 saturated heterocycles. The highest BCUT2D eigenvalue weighted by Crippen LogP contribution is 2.34. The quantitative estimate of drug-likeness (QED) is 0.681. The lowest BCUT2D eigenvalue weighted by molar-refractivity contribution is 0.0953. The first kappa shape index (κ1) is 16.9. The van der Waals surface area contributed by atoms with Gasteiger partial charge < -0.3 is 5.32 Å². The molecule has 2 aromatic carbocycles. The summed E-state index contributed by atoms with van der Waals surface area (Å²) in [4.78, 5) is 12.8. The van der Waals surface area contributed by atoms with E-state index in [2.05, 4.69) is 12.2 Å². The van der Waals surface area contributed by atoms with Crippen molar-refractivity contribution in [2.24, 2.45) is 5.92 Å². The second kappa shape index (κ2) is 6.61. The van der Waals surface area contributed by atoms with Crippen LogP contribution >= 0.6 is 11.6 Å². The van der Waals surface area contributed by atoms with Gasteiger partial charge in [0, 0.05) is 17.1 Å². The van der Waals surface area contributed by atoms with Gasteiger partial charge in [0.1, 0.15) is 0 Å². The maximum atomic E-state index is 12.8. The van der Waals surface area contributed by atoms with E-state index in [0.717, 1.165) is 29.1 Å². The van der Waals surface area contributed by atoms with Gasteiger partial charge in [-0.15, -0.1) is 5.10 Å². The van der Waals surface area contributed by atoms with Crippen molar-refractivity contribution < 1.29 is 4.79 Å². The van der Waals surface area contributed by atoms with Crippen molar-refractivity contribution in [2.45, 2.75) is 26.7 Å². The molecule has 1 atom stereocenters. The first-order valence-electron chi connectivity index (χ1n) is 8.76. The van der Waals surface area contributed by atoms with Crippen molar-refractivity contribution in [2.75, 3.05) is 5.32 Å². The minimum Gasteiger partial charge on any atom is -0.338 e. The first-order valence-corrected chi connectivity index (χ1v) is 9.14. The predicted octanol–water partition coefficient (Wildman–Crippen LogP) is 5.34. The summed E-state index contributed by atoms with van der Waals surface area (Å²) in [5, 5.41) is 8.72. The van der Waals surface area contributed by atoms with Crippen molar-refractivity contribution in [3.05, 3.63) is 70.4 Å². The number of aromatic nitrogens is 2. The average molecular weight is 366 g/mol. The lowest BCUT2D eigenvalue weighted by Crippen LogP contribution is -2.19. The van der Waals surface area contributed by atoms with Crippen LogP contribution in [0.25, 0.3) is 5.69 Å². The van der Waals surface area contributed by atoms with Crippen LogP contribution in [0.1, 0.15) is 35.0 Å². The normalized spacial score (nSPS) is 16.4. The SMILES string of the molecule is Cc1ccc(Nc2nn(-c3ccccc3)c3c2C(=O)CC(C)C3)cc1Cl. The Labute approximate surface area is 157 Å². The summed E-state index contributed by atoms with van der Waals surface area (Å²) in [5.74, 6) is 1.05. The lowest BCUT2D eigenvalue weighted by Gasteiger charge is -2.19. The van der Waals surface area contributed by atoms with E-state index in [1.54, 1.807) is 0 Å². The molecule has 0 bridgehead atoms. The van der Waals surface area contributed by atoms with E-state index in [0.29, 0.717) is 28.7 Å². The van der Waals surface area contributed by atoms with Crippen molar-refractivity contribution >= 4 is 28.9 Å². The van der Waals surface area contributed by atoms with E-state index in [1.165, 1.54) is 0 Å². The second-order valence-corrected chi connectivity index (χ2v) is 7.35. The Morgan fingerprint density at radius 3 is 2.65 bits per heavy atom. The van der Waals surface area contributed by atoms with Crippen molar-refractivity contribution in [3.8, 4) is 5.69 Å². The van der Waals surface area contributed by atoms with E-state index in [-0.39, 0.29) is 5.78 Å². The number of fused-ring (bicyclic) bond motifs is 1. The molecule has 26 heavy (non-hydrogen) atoms. The van der Waals surface area contributed by atoms with Crippen molar-refractivity contribution in [3.63, 3.8) is 0 Å². The molecular weight excluding hydrogens is 346 g/mol. The fourth-order valence-corrected chi connectivity index (χ4v) is 3.61. The van der Waals surface area contributed by atoms with Gasteiger partial charge in [-0.3, -0.25) is 4.79 Å². The molecule has 0 radical (unpaired) electrons. The fourth-order valence-electron chi connectivity index (χ4n) is 3.43. The van der Waals surface area contributed by atoms with Crippen LogP contribution < -0.4 is 5.32 Å². The lowest BCUT2D eigenvalue weighted by atomic mass is 9.87. The molecule has 4 nitrogen and oxygen atoms in total. The number of carbonyl (C=O) groups is 1. The summed E-state index contributed by atoms with van der Waals surface area (Å²) < 4.78 is 1.89. The number of carbonyl (C=O) groups excluding carboxylic acids is 1. The van der Waals surface area contributed by atoms with Crippen molar-refractivity contribution in [1.29, 1.82) is 0 Å². The Hall–Kier alpha value is -2.59. The van der Waals surface area contributed by atoms with E-state index in [9.17, 15) is 4.79 Å². The predicted molar refractivity (Wildman–Crippen MR) is 105 cm³/mol. The van der Waals surface area contributed by atoms with Crippen LogP contribution in [0.3, 0.4) is 0 Å². The minimum atomic E-state index is 0.140. The topological polar surface area (TPSA) is 46.9 Å². The Bertz CT molecular complexity index is 978. The highest BCUT2D eigenvalue weighted by molar-refractivity contribution is 6.31. The third-order valence-electron chi connectivity index (χ3n) is 4.77. The summed E-state index contributed by atoms with van der Waals surface area (Å²) >= 11 is 6.24. The third-order valence-corrected chi connectivity index (χ3v) is 5.18. The zero-order chi connectivity index (χ0) is 18.3. The largest absolute Gasteiger partial charge is 0.338 e. The molecule has 1 heterocycles. The van der Waals surface area contributed by atoms with Crippen LogP contribution in [0.2, 0.25) is 5.02 Å². The van der Waals surface area contributed by atoms with Gasteiger partial charge in [-0.2, -0.15) is 0 Å². The Balaban J connectivity index is 1.82. The average Bonchev–Trinajstić information content (AvgIpc) is 2.97. The summed E-state index contributed by atoms with van der Waals surface area (Å²) in [6.07, 6.45) is 1.39. The number of Topliss-reactive ketones (excluding diaryl/α,β-unsaturated/α-hetero) is 1. The van der Waals surface area contributed by atoms with E-state index < -0.39 is 0 Å². The van der Waals surface area contributed by atoms with Crippen molar-refractivity contribution in [1.82, 2.24) is 9.78 Å². The molecule has 1 unspecified atom stereocenters. The van der Waals surface area contributed by atoms with Gasteiger partial charge in [0.2, 0.25) is 0 Å². The number of para-hydroxylation sites is 1. The van der Waals surface area contributed by atoms with Gasteiger partial charge in [0.25, 0.3) is 0 Å². The highest BCUT2D eigenvalue weighted by Gasteiger charge is 2.31.